The molecule has 1 aliphatic heterocycles. The second-order valence-corrected chi connectivity index (χ2v) is 5.19. The zero-order chi connectivity index (χ0) is 11.4. The Bertz CT molecular complexity index is 348. The van der Waals surface area contributed by atoms with E-state index in [2.05, 4.69) is 31.5 Å². The Morgan fingerprint density at radius 3 is 3.12 bits per heavy atom. The number of halogens is 1. The number of aromatic nitrogens is 1. The standard InChI is InChI=1S/C12H18BrN3/c1-9-11(13)2-3-12(16-9)15-7-5-10-4-6-14-8-10/h2-3,10,14H,4-8H2,1H3,(H,15,16). The molecule has 3 nitrogen and oxygen atoms in total. The van der Waals surface area contributed by atoms with Crippen molar-refractivity contribution in [3.63, 3.8) is 0 Å². The lowest BCUT2D eigenvalue weighted by atomic mass is 10.1. The van der Waals surface area contributed by atoms with Gasteiger partial charge in [0.25, 0.3) is 0 Å². The SMILES string of the molecule is Cc1nc(NCCC2CCNC2)ccc1Br. The predicted molar refractivity (Wildman–Crippen MR) is 70.8 cm³/mol. The first kappa shape index (κ1) is 11.9. The molecule has 1 unspecified atom stereocenters. The molecule has 0 bridgehead atoms. The van der Waals surface area contributed by atoms with E-state index in [0.29, 0.717) is 0 Å². The van der Waals surface area contributed by atoms with Crippen LogP contribution in [0, 0.1) is 12.8 Å². The highest BCUT2D eigenvalue weighted by Gasteiger charge is 2.13. The Kier molecular flexibility index (Phi) is 4.18. The van der Waals surface area contributed by atoms with Gasteiger partial charge in [-0.1, -0.05) is 0 Å². The van der Waals surface area contributed by atoms with Crippen LogP contribution in [0.3, 0.4) is 0 Å². The summed E-state index contributed by atoms with van der Waals surface area (Å²) in [5, 5.41) is 6.77. The van der Waals surface area contributed by atoms with Crippen molar-refractivity contribution in [2.24, 2.45) is 5.92 Å². The monoisotopic (exact) mass is 283 g/mol. The van der Waals surface area contributed by atoms with E-state index in [9.17, 15) is 0 Å². The quantitative estimate of drug-likeness (QED) is 0.892. The van der Waals surface area contributed by atoms with Gasteiger partial charge in [0.15, 0.2) is 0 Å². The number of hydrogen-bond donors (Lipinski definition) is 2. The molecule has 0 amide bonds. The van der Waals surface area contributed by atoms with Gasteiger partial charge in [-0.2, -0.15) is 0 Å². The van der Waals surface area contributed by atoms with Crippen molar-refractivity contribution < 1.29 is 0 Å². The molecule has 2 rings (SSSR count). The molecule has 1 saturated heterocycles. The lowest BCUT2D eigenvalue weighted by Gasteiger charge is -2.10. The lowest BCUT2D eigenvalue weighted by molar-refractivity contribution is 0.549. The summed E-state index contributed by atoms with van der Waals surface area (Å²) < 4.78 is 1.07. The number of anilines is 1. The van der Waals surface area contributed by atoms with Gasteiger partial charge in [-0.25, -0.2) is 4.98 Å². The number of nitrogens with one attached hydrogen (secondary N) is 2. The van der Waals surface area contributed by atoms with Gasteiger partial charge in [0.2, 0.25) is 0 Å². The first-order valence-corrected chi connectivity index (χ1v) is 6.63. The van der Waals surface area contributed by atoms with Crippen LogP contribution in [0.25, 0.3) is 0 Å². The lowest BCUT2D eigenvalue weighted by Crippen LogP contribution is -2.13. The highest BCUT2D eigenvalue weighted by molar-refractivity contribution is 9.10. The van der Waals surface area contributed by atoms with Gasteiger partial charge in [-0.3, -0.25) is 0 Å². The second kappa shape index (κ2) is 5.64. The van der Waals surface area contributed by atoms with E-state index < -0.39 is 0 Å². The number of hydrogen-bond acceptors (Lipinski definition) is 3. The molecule has 2 N–H and O–H groups in total. The summed E-state index contributed by atoms with van der Waals surface area (Å²) in [6.45, 7) is 5.38. The molecule has 0 saturated carbocycles. The average molecular weight is 284 g/mol. The van der Waals surface area contributed by atoms with E-state index in [1.54, 1.807) is 0 Å². The van der Waals surface area contributed by atoms with E-state index in [-0.39, 0.29) is 0 Å². The first-order chi connectivity index (χ1) is 7.75. The zero-order valence-electron chi connectivity index (χ0n) is 9.59. The summed E-state index contributed by atoms with van der Waals surface area (Å²) in [6, 6.07) is 4.06. The first-order valence-electron chi connectivity index (χ1n) is 5.83. The molecule has 0 aliphatic carbocycles. The molecule has 2 heterocycles. The van der Waals surface area contributed by atoms with Crippen LogP contribution in [0.5, 0.6) is 0 Å². The van der Waals surface area contributed by atoms with E-state index in [0.717, 1.165) is 28.4 Å². The minimum Gasteiger partial charge on any atom is -0.370 e. The molecule has 88 valence electrons. The maximum atomic E-state index is 4.46. The molecule has 16 heavy (non-hydrogen) atoms. The van der Waals surface area contributed by atoms with Crippen LogP contribution in [0.2, 0.25) is 0 Å². The zero-order valence-corrected chi connectivity index (χ0v) is 11.2. The summed E-state index contributed by atoms with van der Waals surface area (Å²) in [4.78, 5) is 4.46. The third-order valence-electron chi connectivity index (χ3n) is 3.04. The molecular formula is C12H18BrN3. The smallest absolute Gasteiger partial charge is 0.126 e. The minimum absolute atomic E-state index is 0.837. The fourth-order valence-corrected chi connectivity index (χ4v) is 2.23. The number of aryl methyl sites for hydroxylation is 1. The van der Waals surface area contributed by atoms with Crippen molar-refractivity contribution in [3.05, 3.63) is 22.3 Å². The summed E-state index contributed by atoms with van der Waals surface area (Å²) >= 11 is 3.45. The Labute approximate surface area is 105 Å². The second-order valence-electron chi connectivity index (χ2n) is 4.34. The summed E-state index contributed by atoms with van der Waals surface area (Å²) in [7, 11) is 0. The molecule has 0 radical (unpaired) electrons. The van der Waals surface area contributed by atoms with Crippen LogP contribution in [0.15, 0.2) is 16.6 Å². The number of nitrogens with zero attached hydrogens (tertiary/aromatic N) is 1. The van der Waals surface area contributed by atoms with Gasteiger partial charge in [0, 0.05) is 11.0 Å². The van der Waals surface area contributed by atoms with Crippen molar-refractivity contribution >= 4 is 21.7 Å². The Morgan fingerprint density at radius 2 is 2.44 bits per heavy atom. The maximum Gasteiger partial charge on any atom is 0.126 e. The minimum atomic E-state index is 0.837. The fraction of sp³-hybridized carbons (Fsp3) is 0.583. The summed E-state index contributed by atoms with van der Waals surface area (Å²) in [5.41, 5.74) is 1.03. The molecule has 1 atom stereocenters. The Morgan fingerprint density at radius 1 is 1.56 bits per heavy atom. The van der Waals surface area contributed by atoms with Crippen molar-refractivity contribution in [1.82, 2.24) is 10.3 Å². The molecular weight excluding hydrogens is 266 g/mol. The third-order valence-corrected chi connectivity index (χ3v) is 3.88. The molecule has 1 aromatic rings. The van der Waals surface area contributed by atoms with Crippen molar-refractivity contribution in [2.45, 2.75) is 19.8 Å². The third kappa shape index (κ3) is 3.19. The summed E-state index contributed by atoms with van der Waals surface area (Å²) in [5.74, 6) is 1.82. The van der Waals surface area contributed by atoms with Gasteiger partial charge in [-0.15, -0.1) is 0 Å². The van der Waals surface area contributed by atoms with Crippen LogP contribution >= 0.6 is 15.9 Å². The van der Waals surface area contributed by atoms with Crippen LogP contribution in [0.1, 0.15) is 18.5 Å². The van der Waals surface area contributed by atoms with E-state index in [1.807, 2.05) is 19.1 Å². The summed E-state index contributed by atoms with van der Waals surface area (Å²) in [6.07, 6.45) is 2.54. The highest BCUT2D eigenvalue weighted by atomic mass is 79.9. The van der Waals surface area contributed by atoms with E-state index in [1.165, 1.54) is 25.9 Å². The average Bonchev–Trinajstić information content (AvgIpc) is 2.76. The molecule has 1 fully saturated rings. The predicted octanol–water partition coefficient (Wildman–Crippen LogP) is 2.56. The molecule has 0 aromatic carbocycles. The topological polar surface area (TPSA) is 37.0 Å². The van der Waals surface area contributed by atoms with E-state index >= 15 is 0 Å². The van der Waals surface area contributed by atoms with Crippen LogP contribution in [-0.4, -0.2) is 24.6 Å². The molecule has 1 aromatic heterocycles. The maximum absolute atomic E-state index is 4.46. The van der Waals surface area contributed by atoms with Gasteiger partial charge >= 0.3 is 0 Å². The Hall–Kier alpha value is -0.610. The van der Waals surface area contributed by atoms with Crippen LogP contribution in [-0.2, 0) is 0 Å². The van der Waals surface area contributed by atoms with Gasteiger partial charge in [0.1, 0.15) is 5.82 Å². The van der Waals surface area contributed by atoms with Crippen LogP contribution < -0.4 is 10.6 Å². The highest BCUT2D eigenvalue weighted by Crippen LogP contribution is 2.17. The Balaban J connectivity index is 1.78. The number of rotatable bonds is 4. The largest absolute Gasteiger partial charge is 0.370 e. The van der Waals surface area contributed by atoms with E-state index in [4.69, 9.17) is 0 Å². The van der Waals surface area contributed by atoms with Gasteiger partial charge < -0.3 is 10.6 Å². The number of pyridine rings is 1. The molecule has 4 heteroatoms. The van der Waals surface area contributed by atoms with Crippen molar-refractivity contribution in [2.75, 3.05) is 25.0 Å². The van der Waals surface area contributed by atoms with Crippen molar-refractivity contribution in [1.29, 1.82) is 0 Å². The van der Waals surface area contributed by atoms with Gasteiger partial charge in [-0.05, 0) is 66.8 Å². The molecule has 0 spiro atoms. The van der Waals surface area contributed by atoms with Gasteiger partial charge in [0.05, 0.1) is 5.69 Å². The van der Waals surface area contributed by atoms with Crippen molar-refractivity contribution in [3.8, 4) is 0 Å². The fourth-order valence-electron chi connectivity index (χ4n) is 2.01. The normalized spacial score (nSPS) is 20.0. The molecule has 1 aliphatic rings. The van der Waals surface area contributed by atoms with Crippen LogP contribution in [0.4, 0.5) is 5.82 Å².